The zero-order valence-electron chi connectivity index (χ0n) is 27.3. The van der Waals surface area contributed by atoms with Gasteiger partial charge >= 0.3 is 0 Å². The molecule has 4 bridgehead atoms. The molecule has 0 atom stereocenters. The lowest BCUT2D eigenvalue weighted by atomic mass is 9.53. The van der Waals surface area contributed by atoms with E-state index in [0.717, 1.165) is 99.4 Å². The summed E-state index contributed by atoms with van der Waals surface area (Å²) >= 11 is 0. The van der Waals surface area contributed by atoms with E-state index < -0.39 is 15.9 Å². The van der Waals surface area contributed by atoms with Crippen LogP contribution in [-0.2, 0) is 24.7 Å². The average Bonchev–Trinajstić information content (AvgIpc) is 3.06. The molecule has 256 valence electrons. The van der Waals surface area contributed by atoms with Gasteiger partial charge in [0.2, 0.25) is 12.2 Å². The maximum absolute atomic E-state index is 12.5. The fraction of sp³-hybridized carbons (Fsp3) is 0.639. The molecule has 5 aliphatic carbocycles. The highest BCUT2D eigenvalue weighted by atomic mass is 32.2. The summed E-state index contributed by atoms with van der Waals surface area (Å²) in [5.74, 6) is 1.38. The predicted molar refractivity (Wildman–Crippen MR) is 175 cm³/mol. The van der Waals surface area contributed by atoms with Gasteiger partial charge in [0.05, 0.1) is 6.10 Å². The van der Waals surface area contributed by atoms with E-state index in [1.807, 2.05) is 31.2 Å². The largest absolute Gasteiger partial charge is 0.492 e. The molecule has 2 aromatic rings. The molecule has 0 spiro atoms. The van der Waals surface area contributed by atoms with Crippen LogP contribution in [-0.4, -0.2) is 85.5 Å². The number of hydrogen-bond acceptors (Lipinski definition) is 8. The number of nitrogens with zero attached hydrogens (tertiary/aromatic N) is 2. The van der Waals surface area contributed by atoms with Crippen molar-refractivity contribution in [3.63, 3.8) is 0 Å². The van der Waals surface area contributed by atoms with Crippen molar-refractivity contribution in [2.24, 2.45) is 23.7 Å². The number of hydrogen-bond donors (Lipinski definition) is 2. The highest BCUT2D eigenvalue weighted by molar-refractivity contribution is 7.86. The van der Waals surface area contributed by atoms with E-state index in [1.165, 1.54) is 12.5 Å². The fourth-order valence-electron chi connectivity index (χ4n) is 9.29. The van der Waals surface area contributed by atoms with Gasteiger partial charge in [-0.3, -0.25) is 14.2 Å². The van der Waals surface area contributed by atoms with Gasteiger partial charge in [-0.1, -0.05) is 23.8 Å². The van der Waals surface area contributed by atoms with Crippen LogP contribution in [0.4, 0.5) is 0 Å². The first kappa shape index (κ1) is 33.0. The number of carbonyl (C=O) groups is 1. The molecule has 0 aromatic heterocycles. The van der Waals surface area contributed by atoms with Crippen molar-refractivity contribution in [3.05, 3.63) is 47.5 Å². The van der Waals surface area contributed by atoms with Crippen molar-refractivity contribution in [3.8, 4) is 16.9 Å². The average molecular weight is 669 g/mol. The number of aliphatic hydroxyl groups is 1. The van der Waals surface area contributed by atoms with Crippen molar-refractivity contribution >= 4 is 16.5 Å². The van der Waals surface area contributed by atoms with Crippen molar-refractivity contribution in [2.45, 2.75) is 87.4 Å². The third-order valence-corrected chi connectivity index (χ3v) is 12.6. The van der Waals surface area contributed by atoms with Gasteiger partial charge in [-0.05, 0) is 112 Å². The normalized spacial score (nSPS) is 32.4. The quantitative estimate of drug-likeness (QED) is 0.110. The second kappa shape index (κ2) is 13.4. The molecule has 1 saturated heterocycles. The highest BCUT2D eigenvalue weighted by Crippen LogP contribution is 2.59. The topological polar surface area (TPSA) is 126 Å². The predicted octanol–water partition coefficient (Wildman–Crippen LogP) is 5.18. The Morgan fingerprint density at radius 1 is 0.894 bits per heavy atom. The van der Waals surface area contributed by atoms with Crippen molar-refractivity contribution in [2.75, 3.05) is 39.3 Å². The smallest absolute Gasteiger partial charge is 0.295 e. The molecule has 47 heavy (non-hydrogen) atoms. The maximum atomic E-state index is 12.5. The molecule has 6 fully saturated rings. The van der Waals surface area contributed by atoms with Crippen LogP contribution in [0.25, 0.3) is 11.1 Å². The number of ether oxygens (including phenoxy) is 1. The van der Waals surface area contributed by atoms with Gasteiger partial charge in [0.1, 0.15) is 17.3 Å². The highest BCUT2D eigenvalue weighted by Gasteiger charge is 2.58. The second-order valence-electron chi connectivity index (χ2n) is 14.8. The van der Waals surface area contributed by atoms with Crippen LogP contribution < -0.4 is 4.74 Å². The Morgan fingerprint density at radius 2 is 1.57 bits per heavy atom. The summed E-state index contributed by atoms with van der Waals surface area (Å²) in [6.45, 7) is 6.08. The maximum Gasteiger partial charge on any atom is 0.295 e. The molecule has 0 unspecified atom stereocenters. The summed E-state index contributed by atoms with van der Waals surface area (Å²) in [5.41, 5.74) is 3.10. The van der Waals surface area contributed by atoms with Crippen molar-refractivity contribution in [1.82, 2.24) is 9.80 Å². The number of piperazine rings is 1. The summed E-state index contributed by atoms with van der Waals surface area (Å²) in [4.78, 5) is 26.9. The minimum Gasteiger partial charge on any atom is -0.492 e. The van der Waals surface area contributed by atoms with E-state index in [2.05, 4.69) is 4.90 Å². The van der Waals surface area contributed by atoms with Crippen LogP contribution in [0.3, 0.4) is 0 Å². The summed E-state index contributed by atoms with van der Waals surface area (Å²) in [7, 11) is -4.47. The standard InChI is InChI=1S/C36H48N2O8S/c1-24-2-9-35(47(41,42)43)34(16-24)33-22-31(44-15-14-37-10-12-38(23-39)13-11-37)7-8-32(33)27-3-5-30(6-4-27)45-46-36(40)28-18-25-17-26(20-28)21-29(36)19-25/h2,7-9,16,22-23,25-30,40H,3-6,10-15,17-21H2,1H3,(H,41,42,43). The third-order valence-electron chi connectivity index (χ3n) is 11.7. The first-order chi connectivity index (χ1) is 22.6. The van der Waals surface area contributed by atoms with Crippen LogP contribution in [0.5, 0.6) is 5.75 Å². The first-order valence-corrected chi connectivity index (χ1v) is 18.9. The van der Waals surface area contributed by atoms with Gasteiger partial charge in [-0.25, -0.2) is 9.78 Å². The number of amides is 1. The van der Waals surface area contributed by atoms with Crippen LogP contribution in [0.1, 0.15) is 74.8 Å². The molecule has 2 N–H and O–H groups in total. The molecular weight excluding hydrogens is 620 g/mol. The Morgan fingerprint density at radius 3 is 2.21 bits per heavy atom. The number of rotatable bonds is 11. The minimum atomic E-state index is -4.47. The third kappa shape index (κ3) is 6.98. The second-order valence-corrected chi connectivity index (χ2v) is 16.2. The zero-order chi connectivity index (χ0) is 32.8. The zero-order valence-corrected chi connectivity index (χ0v) is 28.1. The molecule has 11 heteroatoms. The van der Waals surface area contributed by atoms with E-state index in [9.17, 15) is 22.9 Å². The van der Waals surface area contributed by atoms with Crippen LogP contribution in [0, 0.1) is 30.6 Å². The van der Waals surface area contributed by atoms with Gasteiger partial charge in [-0.2, -0.15) is 8.42 Å². The number of carbonyl (C=O) groups excluding carboxylic acids is 1. The van der Waals surface area contributed by atoms with Gasteiger partial charge in [0.25, 0.3) is 10.1 Å². The van der Waals surface area contributed by atoms with Gasteiger partial charge in [0, 0.05) is 50.1 Å². The number of aryl methyl sites for hydroxylation is 1. The van der Waals surface area contributed by atoms with Crippen LogP contribution in [0.15, 0.2) is 41.3 Å². The minimum absolute atomic E-state index is 0.112. The van der Waals surface area contributed by atoms with Crippen LogP contribution >= 0.6 is 0 Å². The summed E-state index contributed by atoms with van der Waals surface area (Å²) in [6.07, 6.45) is 9.37. The summed E-state index contributed by atoms with van der Waals surface area (Å²) < 4.78 is 41.4. The lowest BCUT2D eigenvalue weighted by molar-refractivity contribution is -0.481. The lowest BCUT2D eigenvalue weighted by Gasteiger charge is -2.57. The van der Waals surface area contributed by atoms with Gasteiger partial charge in [0.15, 0.2) is 0 Å². The molecule has 8 rings (SSSR count). The molecule has 0 radical (unpaired) electrons. The van der Waals surface area contributed by atoms with E-state index in [0.29, 0.717) is 37.6 Å². The van der Waals surface area contributed by atoms with Gasteiger partial charge < -0.3 is 14.7 Å². The molecule has 6 aliphatic rings. The molecule has 10 nitrogen and oxygen atoms in total. The number of benzene rings is 2. The summed E-state index contributed by atoms with van der Waals surface area (Å²) in [5, 5.41) is 11.6. The Hall–Kier alpha value is -2.54. The Balaban J connectivity index is 1.05. The SMILES string of the molecule is Cc1ccc(S(=O)(=O)O)c(-c2cc(OCCN3CCN(C=O)CC3)ccc2C2CCC(OOC3(O)C4CC5CC(C4)CC3C5)CC2)c1. The Kier molecular flexibility index (Phi) is 9.40. The molecular formula is C36H48N2O8S. The molecule has 5 saturated carbocycles. The molecule has 1 heterocycles. The molecule has 1 amide bonds. The van der Waals surface area contributed by atoms with Crippen molar-refractivity contribution < 1.29 is 37.4 Å². The first-order valence-electron chi connectivity index (χ1n) is 17.4. The van der Waals surface area contributed by atoms with E-state index in [1.54, 1.807) is 11.0 Å². The molecule has 2 aromatic carbocycles. The Bertz CT molecular complexity index is 1520. The van der Waals surface area contributed by atoms with Crippen molar-refractivity contribution in [1.29, 1.82) is 0 Å². The lowest BCUT2D eigenvalue weighted by Crippen LogP contribution is -2.59. The molecule has 1 aliphatic heterocycles. The monoisotopic (exact) mass is 668 g/mol. The van der Waals surface area contributed by atoms with E-state index >= 15 is 0 Å². The van der Waals surface area contributed by atoms with E-state index in [4.69, 9.17) is 14.5 Å². The Labute approximate surface area is 278 Å². The summed E-state index contributed by atoms with van der Waals surface area (Å²) in [6, 6.07) is 10.8. The van der Waals surface area contributed by atoms with E-state index in [-0.39, 0.29) is 28.8 Å². The van der Waals surface area contributed by atoms with Crippen LogP contribution in [0.2, 0.25) is 0 Å². The fourth-order valence-corrected chi connectivity index (χ4v) is 9.98. The van der Waals surface area contributed by atoms with Gasteiger partial charge in [-0.15, -0.1) is 0 Å².